The van der Waals surface area contributed by atoms with Crippen molar-refractivity contribution in [3.05, 3.63) is 16.9 Å². The highest BCUT2D eigenvalue weighted by Gasteiger charge is 2.51. The van der Waals surface area contributed by atoms with Gasteiger partial charge in [-0.3, -0.25) is 0 Å². The van der Waals surface area contributed by atoms with Crippen LogP contribution in [0.2, 0.25) is 0 Å². The molecule has 0 aliphatic carbocycles. The van der Waals surface area contributed by atoms with Gasteiger partial charge < -0.3 is 14.3 Å². The lowest BCUT2D eigenvalue weighted by atomic mass is 9.81. The summed E-state index contributed by atoms with van der Waals surface area (Å²) in [6.45, 7) is 8.20. The molecule has 5 heteroatoms. The number of rotatable bonds is 1. The number of hydrogen-bond acceptors (Lipinski definition) is 2. The molecule has 0 bridgehead atoms. The van der Waals surface area contributed by atoms with E-state index in [2.05, 4.69) is 48.6 Å². The topological polar surface area (TPSA) is 34.2 Å². The maximum absolute atomic E-state index is 5.90. The summed E-state index contributed by atoms with van der Waals surface area (Å²) >= 11 is 3.37. The Morgan fingerprint density at radius 1 is 1.20 bits per heavy atom. The van der Waals surface area contributed by atoms with Crippen molar-refractivity contribution in [1.82, 2.24) is 4.98 Å². The van der Waals surface area contributed by atoms with Gasteiger partial charge in [0.2, 0.25) is 0 Å². The van der Waals surface area contributed by atoms with Gasteiger partial charge >= 0.3 is 7.12 Å². The number of hydrogen-bond donors (Lipinski definition) is 1. The maximum atomic E-state index is 5.90. The lowest BCUT2D eigenvalue weighted by Crippen LogP contribution is -2.41. The molecule has 1 aliphatic heterocycles. The predicted molar refractivity (Wildman–Crippen MR) is 64.2 cm³/mol. The summed E-state index contributed by atoms with van der Waals surface area (Å²) < 4.78 is 12.7. The quantitative estimate of drug-likeness (QED) is 0.794. The number of aromatic nitrogens is 1. The van der Waals surface area contributed by atoms with Crippen molar-refractivity contribution in [3.8, 4) is 0 Å². The molecule has 15 heavy (non-hydrogen) atoms. The van der Waals surface area contributed by atoms with Crippen LogP contribution in [0.25, 0.3) is 0 Å². The predicted octanol–water partition coefficient (Wildman–Crippen LogP) is 2.08. The van der Waals surface area contributed by atoms with Crippen LogP contribution in [0, 0.1) is 0 Å². The van der Waals surface area contributed by atoms with Crippen molar-refractivity contribution in [3.63, 3.8) is 0 Å². The van der Waals surface area contributed by atoms with E-state index in [-0.39, 0.29) is 18.3 Å². The van der Waals surface area contributed by atoms with Crippen LogP contribution in [0.5, 0.6) is 0 Å². The standard InChI is InChI=1S/C10H15BBrNO2/c1-9(2)10(3,4)15-11(14-9)7-5-8(12)13-6-7/h5-6,13H,1-4H3. The number of nitrogens with one attached hydrogen (secondary N) is 1. The Kier molecular flexibility index (Phi) is 2.52. The zero-order valence-electron chi connectivity index (χ0n) is 9.43. The lowest BCUT2D eigenvalue weighted by molar-refractivity contribution is 0.00578. The third-order valence-electron chi connectivity index (χ3n) is 3.20. The van der Waals surface area contributed by atoms with Crippen molar-refractivity contribution < 1.29 is 9.31 Å². The van der Waals surface area contributed by atoms with E-state index in [0.29, 0.717) is 0 Å². The third kappa shape index (κ3) is 1.88. The molecule has 82 valence electrons. The highest BCUT2D eigenvalue weighted by Crippen LogP contribution is 2.36. The summed E-state index contributed by atoms with van der Waals surface area (Å²) in [5, 5.41) is 0. The smallest absolute Gasteiger partial charge is 0.399 e. The van der Waals surface area contributed by atoms with Crippen LogP contribution < -0.4 is 5.46 Å². The van der Waals surface area contributed by atoms with Gasteiger partial charge in [0.1, 0.15) is 0 Å². The van der Waals surface area contributed by atoms with Gasteiger partial charge in [-0.1, -0.05) is 0 Å². The largest absolute Gasteiger partial charge is 0.496 e. The Balaban J connectivity index is 2.23. The molecule has 1 aromatic heterocycles. The minimum Gasteiger partial charge on any atom is -0.399 e. The fraction of sp³-hybridized carbons (Fsp3) is 0.600. The molecule has 0 atom stereocenters. The molecule has 2 rings (SSSR count). The second kappa shape index (κ2) is 3.37. The summed E-state index contributed by atoms with van der Waals surface area (Å²) in [5.74, 6) is 0. The second-order valence-corrected chi connectivity index (χ2v) is 5.72. The van der Waals surface area contributed by atoms with Gasteiger partial charge in [-0.15, -0.1) is 0 Å². The summed E-state index contributed by atoms with van der Waals surface area (Å²) in [6.07, 6.45) is 1.90. The average molecular weight is 272 g/mol. The van der Waals surface area contributed by atoms with Gasteiger partial charge in [-0.25, -0.2) is 0 Å². The summed E-state index contributed by atoms with van der Waals surface area (Å²) in [4.78, 5) is 3.06. The van der Waals surface area contributed by atoms with E-state index >= 15 is 0 Å². The molecular formula is C10H15BBrNO2. The third-order valence-corrected chi connectivity index (χ3v) is 3.65. The molecule has 1 saturated heterocycles. The van der Waals surface area contributed by atoms with E-state index in [1.54, 1.807) is 0 Å². The average Bonchev–Trinajstić information content (AvgIpc) is 2.56. The molecule has 0 amide bonds. The number of H-pyrrole nitrogens is 1. The first-order valence-corrected chi connectivity index (χ1v) is 5.81. The second-order valence-electron chi connectivity index (χ2n) is 4.87. The van der Waals surface area contributed by atoms with Crippen LogP contribution in [0.15, 0.2) is 16.9 Å². The molecule has 2 heterocycles. The van der Waals surface area contributed by atoms with Gasteiger partial charge in [0, 0.05) is 11.7 Å². The molecule has 0 saturated carbocycles. The van der Waals surface area contributed by atoms with E-state index < -0.39 is 0 Å². The first-order valence-electron chi connectivity index (χ1n) is 5.01. The maximum Gasteiger partial charge on any atom is 0.496 e. The minimum absolute atomic E-state index is 0.276. The zero-order valence-corrected chi connectivity index (χ0v) is 11.0. The van der Waals surface area contributed by atoms with Crippen molar-refractivity contribution in [1.29, 1.82) is 0 Å². The molecule has 0 spiro atoms. The van der Waals surface area contributed by atoms with Crippen LogP contribution in [0.3, 0.4) is 0 Å². The first-order chi connectivity index (χ1) is 6.82. The van der Waals surface area contributed by atoms with Gasteiger partial charge in [0.15, 0.2) is 0 Å². The Morgan fingerprint density at radius 3 is 2.13 bits per heavy atom. The van der Waals surface area contributed by atoms with Crippen LogP contribution in [0.4, 0.5) is 0 Å². The normalized spacial score (nSPS) is 23.4. The van der Waals surface area contributed by atoms with E-state index in [9.17, 15) is 0 Å². The monoisotopic (exact) mass is 271 g/mol. The van der Waals surface area contributed by atoms with Crippen LogP contribution >= 0.6 is 15.9 Å². The Morgan fingerprint density at radius 2 is 1.73 bits per heavy atom. The first kappa shape index (κ1) is 11.2. The van der Waals surface area contributed by atoms with E-state index in [1.807, 2.05) is 12.3 Å². The van der Waals surface area contributed by atoms with Crippen LogP contribution in [0.1, 0.15) is 27.7 Å². The molecule has 1 aromatic rings. The molecule has 1 fully saturated rings. The van der Waals surface area contributed by atoms with Gasteiger partial charge in [-0.05, 0) is 49.7 Å². The Hall–Kier alpha value is -0.255. The summed E-state index contributed by atoms with van der Waals surface area (Å²) in [6, 6.07) is 1.97. The lowest BCUT2D eigenvalue weighted by Gasteiger charge is -2.32. The highest BCUT2D eigenvalue weighted by atomic mass is 79.9. The molecule has 1 aliphatic rings. The van der Waals surface area contributed by atoms with Crippen LogP contribution in [-0.2, 0) is 9.31 Å². The van der Waals surface area contributed by atoms with Gasteiger partial charge in [0.05, 0.1) is 15.8 Å². The van der Waals surface area contributed by atoms with Crippen molar-refractivity contribution in [2.75, 3.05) is 0 Å². The molecule has 0 radical (unpaired) electrons. The molecule has 1 N–H and O–H groups in total. The SMILES string of the molecule is CC1(C)OB(c2c[nH]c(Br)c2)OC1(C)C. The highest BCUT2D eigenvalue weighted by molar-refractivity contribution is 9.10. The zero-order chi connectivity index (χ0) is 11.3. The minimum atomic E-state index is -0.280. The molecule has 3 nitrogen and oxygen atoms in total. The van der Waals surface area contributed by atoms with Crippen molar-refractivity contribution in [2.24, 2.45) is 0 Å². The molecular weight excluding hydrogens is 257 g/mol. The fourth-order valence-electron chi connectivity index (χ4n) is 1.50. The van der Waals surface area contributed by atoms with Gasteiger partial charge in [-0.2, -0.15) is 0 Å². The molecule has 0 unspecified atom stereocenters. The van der Waals surface area contributed by atoms with Crippen molar-refractivity contribution in [2.45, 2.75) is 38.9 Å². The summed E-state index contributed by atoms with van der Waals surface area (Å²) in [5.41, 5.74) is 0.462. The van der Waals surface area contributed by atoms with E-state index in [4.69, 9.17) is 9.31 Å². The fourth-order valence-corrected chi connectivity index (χ4v) is 1.88. The number of halogens is 1. The summed E-state index contributed by atoms with van der Waals surface area (Å²) in [7, 11) is -0.280. The molecule has 0 aromatic carbocycles. The van der Waals surface area contributed by atoms with Crippen LogP contribution in [-0.4, -0.2) is 23.3 Å². The van der Waals surface area contributed by atoms with E-state index in [1.165, 1.54) is 0 Å². The van der Waals surface area contributed by atoms with E-state index in [0.717, 1.165) is 10.1 Å². The van der Waals surface area contributed by atoms with Gasteiger partial charge in [0.25, 0.3) is 0 Å². The Labute approximate surface area is 98.8 Å². The van der Waals surface area contributed by atoms with Crippen molar-refractivity contribution >= 4 is 28.5 Å². The Bertz CT molecular complexity index is 359. The number of aromatic amines is 1.